The van der Waals surface area contributed by atoms with E-state index in [0.717, 1.165) is 89.2 Å². The largest absolute Gasteiger partial charge is 0.481 e. The van der Waals surface area contributed by atoms with E-state index in [1.807, 2.05) is 36.5 Å². The van der Waals surface area contributed by atoms with Crippen molar-refractivity contribution in [2.75, 3.05) is 12.0 Å². The zero-order valence-corrected chi connectivity index (χ0v) is 30.9. The minimum atomic E-state index is 0.454. The second-order valence-corrected chi connectivity index (χ2v) is 13.6. The summed E-state index contributed by atoms with van der Waals surface area (Å²) in [7, 11) is 1.65. The number of methoxy groups -OCH3 is 1. The lowest BCUT2D eigenvalue weighted by molar-refractivity contribution is 0.403. The molecule has 0 amide bonds. The molecule has 56 heavy (non-hydrogen) atoms. The Kier molecular flexibility index (Phi) is 9.41. The smallest absolute Gasteiger partial charge is 0.222 e. The fraction of sp³-hybridized carbons (Fsp3) is 0.0612. The number of fused-ring (bicyclic) bond motifs is 2. The van der Waals surface area contributed by atoms with Gasteiger partial charge in [0.1, 0.15) is 5.82 Å². The van der Waals surface area contributed by atoms with Gasteiger partial charge in [-0.3, -0.25) is 4.98 Å². The van der Waals surface area contributed by atoms with Gasteiger partial charge in [-0.05, 0) is 40.5 Å². The van der Waals surface area contributed by atoms with Crippen molar-refractivity contribution in [2.45, 2.75) is 13.1 Å². The topological polar surface area (TPSA) is 90.1 Å². The monoisotopic (exact) mass is 726 g/mol. The number of hydrogen-bond acceptors (Lipinski definition) is 7. The van der Waals surface area contributed by atoms with Crippen molar-refractivity contribution in [3.63, 3.8) is 0 Å². The van der Waals surface area contributed by atoms with E-state index in [2.05, 4.69) is 143 Å². The van der Waals surface area contributed by atoms with Gasteiger partial charge in [-0.15, -0.1) is 0 Å². The van der Waals surface area contributed by atoms with Crippen LogP contribution in [0.4, 0.5) is 11.5 Å². The molecule has 0 atom stereocenters. The highest BCUT2D eigenvalue weighted by atomic mass is 16.5. The summed E-state index contributed by atoms with van der Waals surface area (Å²) in [5, 5.41) is 1.75. The predicted molar refractivity (Wildman–Crippen MR) is 228 cm³/mol. The van der Waals surface area contributed by atoms with Crippen LogP contribution in [-0.4, -0.2) is 27.0 Å². The maximum Gasteiger partial charge on any atom is 0.222 e. The summed E-state index contributed by atoms with van der Waals surface area (Å²) >= 11 is 0. The van der Waals surface area contributed by atoms with Crippen molar-refractivity contribution in [3.05, 3.63) is 187 Å². The molecule has 0 bridgehead atoms. The fourth-order valence-corrected chi connectivity index (χ4v) is 7.45. The van der Waals surface area contributed by atoms with Gasteiger partial charge in [-0.25, -0.2) is 15.0 Å². The Morgan fingerprint density at radius 1 is 0.554 bits per heavy atom. The summed E-state index contributed by atoms with van der Waals surface area (Å²) < 4.78 is 5.79. The average Bonchev–Trinajstić information content (AvgIpc) is 3.28. The second-order valence-electron chi connectivity index (χ2n) is 13.6. The molecule has 0 unspecified atom stereocenters. The molecule has 270 valence electrons. The normalized spacial score (nSPS) is 11.2. The maximum atomic E-state index is 6.08. The second kappa shape index (κ2) is 15.3. The van der Waals surface area contributed by atoms with E-state index < -0.39 is 0 Å². The highest BCUT2D eigenvalue weighted by Gasteiger charge is 2.29. The number of pyridine rings is 4. The Hall–Kier alpha value is -7.22. The first-order valence-corrected chi connectivity index (χ1v) is 18.6. The summed E-state index contributed by atoms with van der Waals surface area (Å²) in [6.07, 6.45) is 3.61. The van der Waals surface area contributed by atoms with E-state index in [9.17, 15) is 0 Å². The molecular weight excluding hydrogens is 689 g/mol. The van der Waals surface area contributed by atoms with E-state index >= 15 is 0 Å². The molecule has 2 N–H and O–H groups in total. The first-order valence-electron chi connectivity index (χ1n) is 18.6. The molecule has 0 saturated carbocycles. The third kappa shape index (κ3) is 6.50. The van der Waals surface area contributed by atoms with E-state index in [0.29, 0.717) is 19.0 Å². The number of ether oxygens (including phenoxy) is 1. The lowest BCUT2D eigenvalue weighted by atomic mass is 9.92. The van der Waals surface area contributed by atoms with Crippen LogP contribution in [0.15, 0.2) is 176 Å². The van der Waals surface area contributed by atoms with E-state index in [4.69, 9.17) is 25.4 Å². The molecule has 4 aromatic heterocycles. The number of rotatable bonds is 10. The summed E-state index contributed by atoms with van der Waals surface area (Å²) in [6.45, 7) is 0.949. The Morgan fingerprint density at radius 3 is 1.80 bits per heavy atom. The summed E-state index contributed by atoms with van der Waals surface area (Å²) in [5.74, 6) is 1.30. The Balaban J connectivity index is 1.48. The van der Waals surface area contributed by atoms with Crippen LogP contribution in [0.5, 0.6) is 5.88 Å². The van der Waals surface area contributed by atoms with Crippen molar-refractivity contribution < 1.29 is 4.74 Å². The Labute approximate surface area is 325 Å². The van der Waals surface area contributed by atoms with Crippen LogP contribution in [0.3, 0.4) is 0 Å². The molecule has 0 aliphatic rings. The molecule has 0 aliphatic carbocycles. The van der Waals surface area contributed by atoms with Gasteiger partial charge >= 0.3 is 0 Å². The molecule has 0 fully saturated rings. The van der Waals surface area contributed by atoms with Crippen LogP contribution in [0.2, 0.25) is 0 Å². The first kappa shape index (κ1) is 34.5. The van der Waals surface area contributed by atoms with Crippen molar-refractivity contribution in [1.82, 2.24) is 19.9 Å². The molecule has 0 spiro atoms. The quantitative estimate of drug-likeness (QED) is 0.150. The highest BCUT2D eigenvalue weighted by molar-refractivity contribution is 6.12. The SMILES string of the molecule is COc1nccc2nc(N(Cc3ccccc3)c3c(-c4ccccc4)c(-c4ccc(CN)cc4)nc4ccnc(-c5ccccc5)c34)c(-c3ccccc3)cc12. The molecule has 0 radical (unpaired) electrons. The van der Waals surface area contributed by atoms with Gasteiger partial charge in [-0.1, -0.05) is 146 Å². The Bertz CT molecular complexity index is 2780. The Morgan fingerprint density at radius 2 is 1.14 bits per heavy atom. The average molecular weight is 727 g/mol. The van der Waals surface area contributed by atoms with Crippen LogP contribution in [0, 0.1) is 0 Å². The summed E-state index contributed by atoms with van der Waals surface area (Å²) in [6, 6.07) is 56.3. The van der Waals surface area contributed by atoms with Gasteiger partial charge in [-0.2, -0.15) is 0 Å². The van der Waals surface area contributed by atoms with Gasteiger partial charge in [0.25, 0.3) is 0 Å². The molecule has 5 aromatic carbocycles. The van der Waals surface area contributed by atoms with Gasteiger partial charge in [0.05, 0.1) is 46.0 Å². The van der Waals surface area contributed by atoms with Crippen LogP contribution >= 0.6 is 0 Å². The van der Waals surface area contributed by atoms with Crippen molar-refractivity contribution >= 4 is 33.3 Å². The fourth-order valence-electron chi connectivity index (χ4n) is 7.45. The van der Waals surface area contributed by atoms with Gasteiger partial charge in [0.2, 0.25) is 5.88 Å². The van der Waals surface area contributed by atoms with Crippen LogP contribution in [0.1, 0.15) is 11.1 Å². The van der Waals surface area contributed by atoms with Gasteiger partial charge in [0.15, 0.2) is 0 Å². The predicted octanol–water partition coefficient (Wildman–Crippen LogP) is 11.0. The number of nitrogens with zero attached hydrogens (tertiary/aromatic N) is 5. The molecule has 9 aromatic rings. The zero-order chi connectivity index (χ0) is 37.8. The van der Waals surface area contributed by atoms with Gasteiger partial charge in [0, 0.05) is 47.7 Å². The van der Waals surface area contributed by atoms with Crippen LogP contribution in [-0.2, 0) is 13.1 Å². The third-order valence-corrected chi connectivity index (χ3v) is 10.1. The molecular formula is C49H38N6O. The highest BCUT2D eigenvalue weighted by Crippen LogP contribution is 2.50. The van der Waals surface area contributed by atoms with E-state index in [1.165, 1.54) is 0 Å². The number of nitrogens with two attached hydrogens (primary N) is 1. The molecule has 4 heterocycles. The molecule has 7 heteroatoms. The molecule has 9 rings (SSSR count). The lowest BCUT2D eigenvalue weighted by Crippen LogP contribution is -2.21. The van der Waals surface area contributed by atoms with Crippen LogP contribution in [0.25, 0.3) is 66.6 Å². The number of aromatic nitrogens is 4. The van der Waals surface area contributed by atoms with Crippen molar-refractivity contribution in [1.29, 1.82) is 0 Å². The molecule has 0 aliphatic heterocycles. The third-order valence-electron chi connectivity index (χ3n) is 10.1. The number of hydrogen-bond donors (Lipinski definition) is 1. The first-order chi connectivity index (χ1) is 27.7. The van der Waals surface area contributed by atoms with E-state index in [1.54, 1.807) is 13.3 Å². The van der Waals surface area contributed by atoms with Crippen molar-refractivity contribution in [3.8, 4) is 50.6 Å². The minimum absolute atomic E-state index is 0.454. The maximum absolute atomic E-state index is 6.08. The van der Waals surface area contributed by atoms with Crippen molar-refractivity contribution in [2.24, 2.45) is 5.73 Å². The summed E-state index contributed by atoms with van der Waals surface area (Å²) in [4.78, 5) is 23.1. The van der Waals surface area contributed by atoms with Crippen LogP contribution < -0.4 is 15.4 Å². The zero-order valence-electron chi connectivity index (χ0n) is 30.9. The van der Waals surface area contributed by atoms with Gasteiger partial charge < -0.3 is 15.4 Å². The summed E-state index contributed by atoms with van der Waals surface area (Å²) in [5.41, 5.74) is 18.4. The molecule has 7 nitrogen and oxygen atoms in total. The minimum Gasteiger partial charge on any atom is -0.481 e. The molecule has 0 saturated heterocycles. The standard InChI is InChI=1S/C49H38N6O/c1-56-49-40-30-39(35-16-8-3-9-17-35)48(54-41(40)26-29-52-49)55(32-34-14-6-2-7-15-34)47-43(36-18-10-4-11-19-36)46(38-24-22-33(31-50)23-25-38)53-42-27-28-51-45(44(42)47)37-20-12-5-13-21-37/h2-30H,31-32,50H2,1H3. The van der Waals surface area contributed by atoms with E-state index in [-0.39, 0.29) is 0 Å². The number of anilines is 2. The number of benzene rings is 5. The lowest BCUT2D eigenvalue weighted by Gasteiger charge is -2.32.